The lowest BCUT2D eigenvalue weighted by atomic mass is 10.1. The van der Waals surface area contributed by atoms with Gasteiger partial charge in [-0.05, 0) is 37.5 Å². The van der Waals surface area contributed by atoms with Crippen molar-refractivity contribution in [3.8, 4) is 0 Å². The summed E-state index contributed by atoms with van der Waals surface area (Å²) >= 11 is 0. The fourth-order valence-electron chi connectivity index (χ4n) is 2.49. The van der Waals surface area contributed by atoms with Gasteiger partial charge in [0.25, 0.3) is 5.91 Å². The second-order valence-electron chi connectivity index (χ2n) is 5.42. The maximum atomic E-state index is 12.4. The van der Waals surface area contributed by atoms with Gasteiger partial charge in [0, 0.05) is 18.7 Å². The summed E-state index contributed by atoms with van der Waals surface area (Å²) in [5.74, 6) is -1.29. The molecule has 1 aromatic carbocycles. The second kappa shape index (κ2) is 7.10. The average Bonchev–Trinajstić information content (AvgIpc) is 3.03. The number of hydrogen-bond donors (Lipinski definition) is 2. The first-order chi connectivity index (χ1) is 10.8. The van der Waals surface area contributed by atoms with Gasteiger partial charge in [-0.25, -0.2) is 17.9 Å². The zero-order valence-corrected chi connectivity index (χ0v) is 13.7. The predicted molar refractivity (Wildman–Crippen MR) is 84.4 cm³/mol. The molecule has 1 aromatic rings. The molecule has 1 unspecified atom stereocenters. The van der Waals surface area contributed by atoms with Gasteiger partial charge >= 0.3 is 5.97 Å². The minimum atomic E-state index is -3.26. The van der Waals surface area contributed by atoms with Crippen LogP contribution in [0.2, 0.25) is 0 Å². The fraction of sp³-hybridized carbons (Fsp3) is 0.467. The van der Waals surface area contributed by atoms with Gasteiger partial charge in [0.15, 0.2) is 0 Å². The Kier molecular flexibility index (Phi) is 5.38. The highest BCUT2D eigenvalue weighted by Crippen LogP contribution is 2.20. The number of amides is 1. The molecule has 0 spiro atoms. The lowest BCUT2D eigenvalue weighted by molar-refractivity contribution is -0.141. The third-order valence-corrected chi connectivity index (χ3v) is 5.22. The fourth-order valence-corrected chi connectivity index (χ4v) is 3.08. The van der Waals surface area contributed by atoms with E-state index in [0.29, 0.717) is 24.9 Å². The van der Waals surface area contributed by atoms with Crippen LogP contribution < -0.4 is 4.72 Å². The number of rotatable bonds is 6. The van der Waals surface area contributed by atoms with Crippen LogP contribution >= 0.6 is 0 Å². The van der Waals surface area contributed by atoms with Crippen molar-refractivity contribution in [3.63, 3.8) is 0 Å². The first-order valence-corrected chi connectivity index (χ1v) is 9.09. The summed E-state index contributed by atoms with van der Waals surface area (Å²) in [6.07, 6.45) is 1.15. The van der Waals surface area contributed by atoms with E-state index < -0.39 is 22.0 Å². The molecule has 2 N–H and O–H groups in total. The van der Waals surface area contributed by atoms with E-state index in [1.165, 1.54) is 4.90 Å². The molecule has 126 valence electrons. The first-order valence-electron chi connectivity index (χ1n) is 7.44. The van der Waals surface area contributed by atoms with Crippen LogP contribution in [-0.4, -0.2) is 48.6 Å². The van der Waals surface area contributed by atoms with Crippen molar-refractivity contribution in [1.29, 1.82) is 0 Å². The van der Waals surface area contributed by atoms with Crippen LogP contribution in [0.5, 0.6) is 0 Å². The summed E-state index contributed by atoms with van der Waals surface area (Å²) in [6, 6.07) is 5.75. The number of carbonyl (C=O) groups is 2. The molecule has 1 heterocycles. The molecule has 1 fully saturated rings. The smallest absolute Gasteiger partial charge is 0.326 e. The number of likely N-dealkylation sites (tertiary alicyclic amines) is 1. The highest BCUT2D eigenvalue weighted by molar-refractivity contribution is 7.89. The molecule has 1 aliphatic heterocycles. The van der Waals surface area contributed by atoms with Gasteiger partial charge in [-0.3, -0.25) is 4.79 Å². The molecular weight excluding hydrogens is 320 g/mol. The van der Waals surface area contributed by atoms with E-state index in [1.54, 1.807) is 31.2 Å². The number of benzene rings is 1. The molecule has 8 heteroatoms. The molecular formula is C15H20N2O5S. The number of carboxylic acids is 1. The van der Waals surface area contributed by atoms with E-state index in [0.717, 1.165) is 5.56 Å². The molecule has 23 heavy (non-hydrogen) atoms. The SMILES string of the molecule is CCS(=O)(=O)NCc1ccc(C(=O)N2CCCC2C(=O)O)cc1. The van der Waals surface area contributed by atoms with Crippen molar-refractivity contribution in [3.05, 3.63) is 35.4 Å². The molecule has 1 aliphatic rings. The van der Waals surface area contributed by atoms with E-state index in [2.05, 4.69) is 4.72 Å². The van der Waals surface area contributed by atoms with Crippen LogP contribution in [0.3, 0.4) is 0 Å². The van der Waals surface area contributed by atoms with Gasteiger partial charge in [-0.1, -0.05) is 12.1 Å². The lowest BCUT2D eigenvalue weighted by Gasteiger charge is -2.21. The molecule has 0 bridgehead atoms. The minimum absolute atomic E-state index is 0.00903. The Morgan fingerprint density at radius 2 is 1.96 bits per heavy atom. The van der Waals surface area contributed by atoms with Crippen LogP contribution in [-0.2, 0) is 21.4 Å². The number of nitrogens with one attached hydrogen (secondary N) is 1. The molecule has 0 radical (unpaired) electrons. The first kappa shape index (κ1) is 17.4. The molecule has 0 saturated carbocycles. The van der Waals surface area contributed by atoms with Gasteiger partial charge in [-0.2, -0.15) is 0 Å². The van der Waals surface area contributed by atoms with Crippen LogP contribution in [0, 0.1) is 0 Å². The van der Waals surface area contributed by atoms with Crippen molar-refractivity contribution in [2.24, 2.45) is 0 Å². The molecule has 1 saturated heterocycles. The van der Waals surface area contributed by atoms with Crippen molar-refractivity contribution >= 4 is 21.9 Å². The zero-order valence-electron chi connectivity index (χ0n) is 12.9. The number of carboxylic acid groups (broad SMARTS) is 1. The number of sulfonamides is 1. The largest absolute Gasteiger partial charge is 0.480 e. The van der Waals surface area contributed by atoms with Crippen molar-refractivity contribution in [1.82, 2.24) is 9.62 Å². The molecule has 7 nitrogen and oxygen atoms in total. The summed E-state index contributed by atoms with van der Waals surface area (Å²) in [6.45, 7) is 2.15. The number of aliphatic carboxylic acids is 1. The van der Waals surface area contributed by atoms with E-state index in [4.69, 9.17) is 5.11 Å². The summed E-state index contributed by atoms with van der Waals surface area (Å²) < 4.78 is 25.2. The highest BCUT2D eigenvalue weighted by atomic mass is 32.2. The molecule has 0 aromatic heterocycles. The third-order valence-electron chi connectivity index (χ3n) is 3.88. The maximum Gasteiger partial charge on any atom is 0.326 e. The number of nitrogens with zero attached hydrogens (tertiary/aromatic N) is 1. The quantitative estimate of drug-likeness (QED) is 0.798. The molecule has 1 amide bonds. The van der Waals surface area contributed by atoms with Crippen LogP contribution in [0.25, 0.3) is 0 Å². The monoisotopic (exact) mass is 340 g/mol. The van der Waals surface area contributed by atoms with E-state index >= 15 is 0 Å². The topological polar surface area (TPSA) is 104 Å². The summed E-state index contributed by atoms with van der Waals surface area (Å²) in [5, 5.41) is 9.13. The van der Waals surface area contributed by atoms with Crippen molar-refractivity contribution in [2.45, 2.75) is 32.4 Å². The predicted octanol–water partition coefficient (Wildman–Crippen LogP) is 0.815. The Labute approximate surface area is 135 Å². The minimum Gasteiger partial charge on any atom is -0.480 e. The maximum absolute atomic E-state index is 12.4. The Balaban J connectivity index is 2.04. The van der Waals surface area contributed by atoms with E-state index in [-0.39, 0.29) is 18.2 Å². The Bertz CT molecular complexity index is 684. The Hall–Kier alpha value is -1.93. The van der Waals surface area contributed by atoms with E-state index in [1.807, 2.05) is 0 Å². The molecule has 2 rings (SSSR count). The third kappa shape index (κ3) is 4.29. The van der Waals surface area contributed by atoms with Gasteiger partial charge in [0.05, 0.1) is 5.75 Å². The van der Waals surface area contributed by atoms with Crippen LogP contribution in [0.1, 0.15) is 35.7 Å². The van der Waals surface area contributed by atoms with Crippen molar-refractivity contribution in [2.75, 3.05) is 12.3 Å². The second-order valence-corrected chi connectivity index (χ2v) is 7.51. The summed E-state index contributed by atoms with van der Waals surface area (Å²) in [5.41, 5.74) is 1.13. The Morgan fingerprint density at radius 1 is 1.30 bits per heavy atom. The van der Waals surface area contributed by atoms with E-state index in [9.17, 15) is 18.0 Å². The lowest BCUT2D eigenvalue weighted by Crippen LogP contribution is -2.40. The Morgan fingerprint density at radius 3 is 2.52 bits per heavy atom. The summed E-state index contributed by atoms with van der Waals surface area (Å²) in [4.78, 5) is 24.9. The molecule has 0 aliphatic carbocycles. The average molecular weight is 340 g/mol. The molecule has 1 atom stereocenters. The standard InChI is InChI=1S/C15H20N2O5S/c1-2-23(21,22)16-10-11-5-7-12(8-6-11)14(18)17-9-3-4-13(17)15(19)20/h5-8,13,16H,2-4,9-10H2,1H3,(H,19,20). The zero-order chi connectivity index (χ0) is 17.0. The normalized spacial score (nSPS) is 18.1. The number of hydrogen-bond acceptors (Lipinski definition) is 4. The van der Waals surface area contributed by atoms with Gasteiger partial charge in [0.1, 0.15) is 6.04 Å². The van der Waals surface area contributed by atoms with Gasteiger partial charge in [-0.15, -0.1) is 0 Å². The van der Waals surface area contributed by atoms with Crippen LogP contribution in [0.15, 0.2) is 24.3 Å². The van der Waals surface area contributed by atoms with Gasteiger partial charge in [0.2, 0.25) is 10.0 Å². The summed E-state index contributed by atoms with van der Waals surface area (Å²) in [7, 11) is -3.26. The van der Waals surface area contributed by atoms with Gasteiger partial charge < -0.3 is 10.0 Å². The number of carbonyl (C=O) groups excluding carboxylic acids is 1. The highest BCUT2D eigenvalue weighted by Gasteiger charge is 2.34. The van der Waals surface area contributed by atoms with Crippen LogP contribution in [0.4, 0.5) is 0 Å². The van der Waals surface area contributed by atoms with Crippen molar-refractivity contribution < 1.29 is 23.1 Å².